The van der Waals surface area contributed by atoms with E-state index in [0.717, 1.165) is 12.5 Å². The summed E-state index contributed by atoms with van der Waals surface area (Å²) in [5.41, 5.74) is 2.33. The molecule has 0 saturated heterocycles. The van der Waals surface area contributed by atoms with E-state index >= 15 is 0 Å². The molecule has 3 aromatic rings. The van der Waals surface area contributed by atoms with E-state index in [1.165, 1.54) is 32.4 Å². The molecule has 3 rings (SSSR count). The van der Waals surface area contributed by atoms with Gasteiger partial charge in [-0.1, -0.05) is 55.0 Å². The lowest BCUT2D eigenvalue weighted by molar-refractivity contribution is -0.134. The zero-order chi connectivity index (χ0) is 29.6. The fourth-order valence-electron chi connectivity index (χ4n) is 2.88. The van der Waals surface area contributed by atoms with Crippen LogP contribution in [0.3, 0.4) is 0 Å². The average Bonchev–Trinajstić information content (AvgIpc) is 2.96. The molecule has 0 aliphatic rings. The van der Waals surface area contributed by atoms with Gasteiger partial charge in [-0.25, -0.2) is 14.0 Å². The molecule has 0 aliphatic carbocycles. The Morgan fingerprint density at radius 3 is 1.95 bits per heavy atom. The number of hydrogen-bond acceptors (Lipinski definition) is 6. The van der Waals surface area contributed by atoms with Gasteiger partial charge in [-0.3, -0.25) is 0 Å². The summed E-state index contributed by atoms with van der Waals surface area (Å²) >= 11 is 0. The van der Waals surface area contributed by atoms with E-state index in [1.807, 2.05) is 0 Å². The van der Waals surface area contributed by atoms with Crippen molar-refractivity contribution in [3.63, 3.8) is 0 Å². The molecule has 41 heavy (non-hydrogen) atoms. The summed E-state index contributed by atoms with van der Waals surface area (Å²) in [6.07, 6.45) is 4.66. The number of benzene rings is 3. The molecular weight excluding hydrogens is 523 g/mol. The Hall–Kier alpha value is -5.79. The van der Waals surface area contributed by atoms with Crippen LogP contribution in [0, 0.1) is 29.5 Å². The number of halogens is 1. The van der Waals surface area contributed by atoms with Crippen molar-refractivity contribution < 1.29 is 32.9 Å². The number of rotatable bonds is 8. The zero-order valence-corrected chi connectivity index (χ0v) is 22.4. The Bertz CT molecular complexity index is 1660. The summed E-state index contributed by atoms with van der Waals surface area (Å²) in [4.78, 5) is 22.8. The highest BCUT2D eigenvalue weighted by Crippen LogP contribution is 2.18. The highest BCUT2D eigenvalue weighted by atomic mass is 19.1. The number of hydrogen-bond donors (Lipinski definition) is 0. The van der Waals surface area contributed by atoms with Gasteiger partial charge in [-0.05, 0) is 62.4 Å². The van der Waals surface area contributed by atoms with Crippen molar-refractivity contribution in [1.29, 1.82) is 0 Å². The maximum absolute atomic E-state index is 14.8. The second kappa shape index (κ2) is 15.0. The van der Waals surface area contributed by atoms with Crippen LogP contribution in [0.1, 0.15) is 36.1 Å². The normalized spacial score (nSPS) is 10.1. The fraction of sp³-hybridized carbons (Fsp3) is 0.0588. The van der Waals surface area contributed by atoms with Gasteiger partial charge in [0.15, 0.2) is 0 Å². The van der Waals surface area contributed by atoms with E-state index in [4.69, 9.17) is 18.9 Å². The molecule has 0 atom stereocenters. The van der Waals surface area contributed by atoms with E-state index in [9.17, 15) is 14.0 Å². The molecule has 0 N–H and O–H groups in total. The first-order valence-electron chi connectivity index (χ1n) is 12.1. The third-order valence-corrected chi connectivity index (χ3v) is 4.93. The lowest BCUT2D eigenvalue weighted by atomic mass is 10.1. The molecule has 0 spiro atoms. The molecular formula is C34H25FO6. The predicted molar refractivity (Wildman–Crippen MR) is 153 cm³/mol. The van der Waals surface area contributed by atoms with Crippen molar-refractivity contribution in [1.82, 2.24) is 0 Å². The summed E-state index contributed by atoms with van der Waals surface area (Å²) < 4.78 is 35.3. The molecule has 0 bridgehead atoms. The van der Waals surface area contributed by atoms with E-state index < -0.39 is 17.8 Å². The first kappa shape index (κ1) is 29.8. The third-order valence-electron chi connectivity index (χ3n) is 4.93. The van der Waals surface area contributed by atoms with Gasteiger partial charge in [-0.2, -0.15) is 0 Å². The number of carbonyl (C=O) groups is 2. The number of para-hydroxylation sites is 1. The van der Waals surface area contributed by atoms with Crippen LogP contribution < -0.4 is 9.47 Å². The molecule has 0 amide bonds. The van der Waals surface area contributed by atoms with E-state index in [-0.39, 0.29) is 16.7 Å². The maximum atomic E-state index is 14.8. The van der Waals surface area contributed by atoms with Gasteiger partial charge in [-0.15, -0.1) is 0 Å². The van der Waals surface area contributed by atoms with Gasteiger partial charge in [0.2, 0.25) is 0 Å². The van der Waals surface area contributed by atoms with Crippen LogP contribution in [0.25, 0.3) is 0 Å². The highest BCUT2D eigenvalue weighted by molar-refractivity contribution is 5.87. The summed E-state index contributed by atoms with van der Waals surface area (Å²) in [5, 5.41) is 0. The average molecular weight is 549 g/mol. The summed E-state index contributed by atoms with van der Waals surface area (Å²) in [6, 6.07) is 18.3. The Kier molecular flexibility index (Phi) is 10.9. The molecule has 0 unspecified atom stereocenters. The van der Waals surface area contributed by atoms with Crippen molar-refractivity contribution in [2.45, 2.75) is 13.8 Å². The summed E-state index contributed by atoms with van der Waals surface area (Å²) in [5.74, 6) is 10.8. The van der Waals surface area contributed by atoms with Crippen molar-refractivity contribution in [2.24, 2.45) is 0 Å². The van der Waals surface area contributed by atoms with Gasteiger partial charge in [0.05, 0.1) is 11.1 Å². The SMILES string of the molecule is C=C(C)C(=O)OC=COc1cccc(C#Cc2ccc(C#Cc3ccccc3OC=COC(=O)C(=C)C)cc2F)c1. The molecule has 7 heteroatoms. The molecule has 0 fully saturated rings. The van der Waals surface area contributed by atoms with E-state index in [2.05, 4.69) is 36.8 Å². The number of carbonyl (C=O) groups excluding carboxylic acids is 2. The number of ether oxygens (including phenoxy) is 4. The Labute approximate surface area is 238 Å². The van der Waals surface area contributed by atoms with Crippen LogP contribution >= 0.6 is 0 Å². The third kappa shape index (κ3) is 9.79. The van der Waals surface area contributed by atoms with Gasteiger partial charge in [0.25, 0.3) is 0 Å². The monoisotopic (exact) mass is 548 g/mol. The lowest BCUT2D eigenvalue weighted by Crippen LogP contribution is -1.99. The second-order valence-electron chi connectivity index (χ2n) is 8.37. The molecule has 0 aliphatic heterocycles. The van der Waals surface area contributed by atoms with Crippen LogP contribution in [0.15, 0.2) is 116 Å². The van der Waals surface area contributed by atoms with Crippen LogP contribution in [0.4, 0.5) is 4.39 Å². The molecule has 204 valence electrons. The first-order chi connectivity index (χ1) is 19.7. The molecule has 0 aromatic heterocycles. The topological polar surface area (TPSA) is 71.1 Å². The van der Waals surface area contributed by atoms with Crippen molar-refractivity contribution in [3.8, 4) is 35.2 Å². The van der Waals surface area contributed by atoms with Crippen LogP contribution in [0.5, 0.6) is 11.5 Å². The second-order valence-corrected chi connectivity index (χ2v) is 8.37. The molecule has 0 heterocycles. The van der Waals surface area contributed by atoms with E-state index in [1.54, 1.807) is 60.7 Å². The minimum atomic E-state index is -0.566. The van der Waals surface area contributed by atoms with Gasteiger partial charge in [0.1, 0.15) is 42.4 Å². The van der Waals surface area contributed by atoms with Gasteiger partial charge >= 0.3 is 11.9 Å². The standard InChI is InChI=1S/C34H25FO6/c1-24(2)33(36)40-20-18-38-30-10-7-8-26(22-30)12-15-28-16-13-27(23-31(28)35)14-17-29-9-5-6-11-32(29)39-19-21-41-34(37)25(3)4/h5-11,13,16,18-23H,1,3H2,2,4H3. The van der Waals surface area contributed by atoms with Crippen molar-refractivity contribution in [2.75, 3.05) is 0 Å². The minimum Gasteiger partial charge on any atom is -0.462 e. The molecule has 0 saturated carbocycles. The largest absolute Gasteiger partial charge is 0.462 e. The van der Waals surface area contributed by atoms with Crippen LogP contribution in [0.2, 0.25) is 0 Å². The Morgan fingerprint density at radius 1 is 0.683 bits per heavy atom. The van der Waals surface area contributed by atoms with E-state index in [0.29, 0.717) is 28.2 Å². The van der Waals surface area contributed by atoms with Crippen LogP contribution in [-0.4, -0.2) is 11.9 Å². The van der Waals surface area contributed by atoms with Gasteiger partial charge in [0, 0.05) is 22.3 Å². The molecule has 3 aromatic carbocycles. The van der Waals surface area contributed by atoms with Crippen molar-refractivity contribution >= 4 is 11.9 Å². The lowest BCUT2D eigenvalue weighted by Gasteiger charge is -2.03. The first-order valence-corrected chi connectivity index (χ1v) is 12.1. The minimum absolute atomic E-state index is 0.201. The Morgan fingerprint density at radius 2 is 1.29 bits per heavy atom. The van der Waals surface area contributed by atoms with Crippen molar-refractivity contribution in [3.05, 3.63) is 144 Å². The smallest absolute Gasteiger partial charge is 0.338 e. The summed E-state index contributed by atoms with van der Waals surface area (Å²) in [7, 11) is 0. The van der Waals surface area contributed by atoms with Crippen LogP contribution in [-0.2, 0) is 19.1 Å². The Balaban J connectivity index is 1.66. The fourth-order valence-corrected chi connectivity index (χ4v) is 2.88. The molecule has 0 radical (unpaired) electrons. The highest BCUT2D eigenvalue weighted by Gasteiger charge is 2.03. The maximum Gasteiger partial charge on any atom is 0.338 e. The quantitative estimate of drug-likeness (QED) is 0.137. The summed E-state index contributed by atoms with van der Waals surface area (Å²) in [6.45, 7) is 10.1. The predicted octanol–water partition coefficient (Wildman–Crippen LogP) is 6.56. The zero-order valence-electron chi connectivity index (χ0n) is 22.4. The van der Waals surface area contributed by atoms with Gasteiger partial charge < -0.3 is 18.9 Å². The molecule has 6 nitrogen and oxygen atoms in total. The number of esters is 2.